The maximum absolute atomic E-state index is 12.7. The van der Waals surface area contributed by atoms with E-state index in [-0.39, 0.29) is 16.9 Å². The molecule has 1 N–H and O–H groups in total. The van der Waals surface area contributed by atoms with Crippen LogP contribution in [0.5, 0.6) is 0 Å². The fourth-order valence-corrected chi connectivity index (χ4v) is 5.40. The molecule has 0 amide bonds. The van der Waals surface area contributed by atoms with Gasteiger partial charge in [-0.15, -0.1) is 0 Å². The smallest absolute Gasteiger partial charge is 0.338 e. The number of sulfone groups is 1. The second-order valence-corrected chi connectivity index (χ2v) is 11.6. The van der Waals surface area contributed by atoms with E-state index in [1.165, 1.54) is 7.11 Å². The number of nitrogens with one attached hydrogen (secondary N) is 1. The number of H-pyrrole nitrogens is 1. The Bertz CT molecular complexity index is 1430. The second-order valence-electron chi connectivity index (χ2n) is 9.43. The molecule has 0 radical (unpaired) electrons. The van der Waals surface area contributed by atoms with Crippen molar-refractivity contribution in [3.8, 4) is 0 Å². The van der Waals surface area contributed by atoms with Crippen molar-refractivity contribution in [1.82, 2.24) is 9.55 Å². The van der Waals surface area contributed by atoms with Crippen LogP contribution in [0.25, 0.3) is 10.9 Å². The number of aromatic amines is 1. The van der Waals surface area contributed by atoms with E-state index in [1.54, 1.807) is 23.7 Å². The largest absolute Gasteiger partial charge is 0.465 e. The number of pyridine rings is 1. The summed E-state index contributed by atoms with van der Waals surface area (Å²) in [5.74, 6) is -0.226. The standard InChI is InChI=1S/C25H31N3O5S/c1-15-11-27(3)24(29)23-22(15)21(16(2)26-23)13-28(12-17-6-7-17)19-9-8-18(14-34(5,31)32)20(10-19)25(30)33-4/h8-11,17,26H,6-7,12-14H2,1-5H3. The molecule has 0 saturated heterocycles. The molecular weight excluding hydrogens is 454 g/mol. The SMILES string of the molecule is COC(=O)c1cc(N(Cc2c(C)[nH]c3c(=O)n(C)cc(C)c23)CC2CC2)ccc1CS(C)(=O)=O. The minimum Gasteiger partial charge on any atom is -0.465 e. The molecule has 1 aliphatic carbocycles. The molecule has 0 unspecified atom stereocenters. The van der Waals surface area contributed by atoms with E-state index < -0.39 is 15.8 Å². The van der Waals surface area contributed by atoms with Crippen molar-refractivity contribution in [3.05, 3.63) is 62.7 Å². The number of hydrogen-bond acceptors (Lipinski definition) is 6. The highest BCUT2D eigenvalue weighted by molar-refractivity contribution is 7.89. The highest BCUT2D eigenvalue weighted by Gasteiger charge is 2.27. The molecule has 1 fully saturated rings. The van der Waals surface area contributed by atoms with Gasteiger partial charge in [-0.2, -0.15) is 0 Å². The predicted octanol–water partition coefficient (Wildman–Crippen LogP) is 3.23. The van der Waals surface area contributed by atoms with Crippen molar-refractivity contribution in [1.29, 1.82) is 0 Å². The van der Waals surface area contributed by atoms with E-state index >= 15 is 0 Å². The van der Waals surface area contributed by atoms with Crippen LogP contribution in [0.4, 0.5) is 5.69 Å². The van der Waals surface area contributed by atoms with Crippen molar-refractivity contribution in [2.75, 3.05) is 24.8 Å². The lowest BCUT2D eigenvalue weighted by Crippen LogP contribution is -2.26. The average Bonchev–Trinajstić information content (AvgIpc) is 3.52. The van der Waals surface area contributed by atoms with Crippen molar-refractivity contribution in [2.45, 2.75) is 39.0 Å². The van der Waals surface area contributed by atoms with Gasteiger partial charge in [-0.25, -0.2) is 13.2 Å². The Labute approximate surface area is 199 Å². The lowest BCUT2D eigenvalue weighted by atomic mass is 10.0. The van der Waals surface area contributed by atoms with Crippen molar-refractivity contribution in [2.24, 2.45) is 13.0 Å². The predicted molar refractivity (Wildman–Crippen MR) is 133 cm³/mol. The molecule has 1 aliphatic rings. The van der Waals surface area contributed by atoms with Crippen molar-refractivity contribution < 1.29 is 17.9 Å². The molecule has 8 nitrogen and oxygen atoms in total. The van der Waals surface area contributed by atoms with Gasteiger partial charge < -0.3 is 19.2 Å². The summed E-state index contributed by atoms with van der Waals surface area (Å²) >= 11 is 0. The number of anilines is 1. The Morgan fingerprint density at radius 1 is 1.26 bits per heavy atom. The van der Waals surface area contributed by atoms with Gasteiger partial charge in [0.05, 0.1) is 18.4 Å². The number of aromatic nitrogens is 2. The zero-order valence-electron chi connectivity index (χ0n) is 20.3. The van der Waals surface area contributed by atoms with Crippen LogP contribution in [0, 0.1) is 19.8 Å². The molecule has 0 aliphatic heterocycles. The van der Waals surface area contributed by atoms with E-state index in [4.69, 9.17) is 4.74 Å². The first-order valence-electron chi connectivity index (χ1n) is 11.3. The monoisotopic (exact) mass is 485 g/mol. The number of rotatable bonds is 8. The van der Waals surface area contributed by atoms with Gasteiger partial charge in [-0.05, 0) is 55.9 Å². The van der Waals surface area contributed by atoms with Crippen molar-refractivity contribution in [3.63, 3.8) is 0 Å². The number of fused-ring (bicyclic) bond motifs is 1. The summed E-state index contributed by atoms with van der Waals surface area (Å²) in [4.78, 5) is 30.7. The highest BCUT2D eigenvalue weighted by Crippen LogP contribution is 2.34. The summed E-state index contributed by atoms with van der Waals surface area (Å²) in [6.07, 6.45) is 5.30. The summed E-state index contributed by atoms with van der Waals surface area (Å²) in [5.41, 5.74) is 5.03. The van der Waals surface area contributed by atoms with Gasteiger partial charge in [0.25, 0.3) is 5.56 Å². The van der Waals surface area contributed by atoms with E-state index in [0.29, 0.717) is 23.5 Å². The summed E-state index contributed by atoms with van der Waals surface area (Å²) in [6, 6.07) is 5.29. The summed E-state index contributed by atoms with van der Waals surface area (Å²) in [6.45, 7) is 5.34. The molecule has 2 heterocycles. The van der Waals surface area contributed by atoms with Crippen LogP contribution < -0.4 is 10.5 Å². The molecule has 1 aromatic carbocycles. The summed E-state index contributed by atoms with van der Waals surface area (Å²) in [7, 11) is -0.286. The molecule has 34 heavy (non-hydrogen) atoms. The number of methoxy groups -OCH3 is 1. The average molecular weight is 486 g/mol. The van der Waals surface area contributed by atoms with Gasteiger partial charge in [-0.1, -0.05) is 6.07 Å². The molecule has 0 atom stereocenters. The third-order valence-corrected chi connectivity index (χ3v) is 7.27. The fraction of sp³-hybridized carbons (Fsp3) is 0.440. The molecular formula is C25H31N3O5S. The van der Waals surface area contributed by atoms with E-state index in [1.807, 2.05) is 26.1 Å². The van der Waals surface area contributed by atoms with Gasteiger partial charge >= 0.3 is 5.97 Å². The van der Waals surface area contributed by atoms with Gasteiger partial charge in [0, 0.05) is 54.9 Å². The zero-order chi connectivity index (χ0) is 24.8. The lowest BCUT2D eigenvalue weighted by molar-refractivity contribution is 0.0600. The van der Waals surface area contributed by atoms with E-state index in [2.05, 4.69) is 9.88 Å². The first-order chi connectivity index (χ1) is 16.0. The molecule has 182 valence electrons. The topological polar surface area (TPSA) is 101 Å². The summed E-state index contributed by atoms with van der Waals surface area (Å²) in [5, 5.41) is 0.934. The molecule has 2 aromatic heterocycles. The Hall–Kier alpha value is -3.07. The van der Waals surface area contributed by atoms with Gasteiger partial charge in [0.1, 0.15) is 5.52 Å². The van der Waals surface area contributed by atoms with Gasteiger partial charge in [0.15, 0.2) is 9.84 Å². The zero-order valence-corrected chi connectivity index (χ0v) is 21.1. The molecule has 1 saturated carbocycles. The van der Waals surface area contributed by atoms with Crippen LogP contribution in [0.15, 0.2) is 29.2 Å². The van der Waals surface area contributed by atoms with E-state index in [9.17, 15) is 18.0 Å². The third kappa shape index (κ3) is 4.89. The number of carbonyl (C=O) groups excluding carboxylic acids is 1. The minimum atomic E-state index is -3.32. The Morgan fingerprint density at radius 3 is 2.59 bits per heavy atom. The highest BCUT2D eigenvalue weighted by atomic mass is 32.2. The molecule has 9 heteroatoms. The quantitative estimate of drug-likeness (QED) is 0.492. The maximum Gasteiger partial charge on any atom is 0.338 e. The normalized spacial score (nSPS) is 13.9. The Kier molecular flexibility index (Phi) is 6.33. The maximum atomic E-state index is 12.7. The van der Waals surface area contributed by atoms with Crippen molar-refractivity contribution >= 4 is 32.4 Å². The third-order valence-electron chi connectivity index (χ3n) is 6.44. The van der Waals surface area contributed by atoms with Gasteiger partial charge in [0.2, 0.25) is 0 Å². The number of ether oxygens (including phenoxy) is 1. The Balaban J connectivity index is 1.79. The van der Waals surface area contributed by atoms with Crippen LogP contribution in [0.2, 0.25) is 0 Å². The number of esters is 1. The molecule has 0 spiro atoms. The minimum absolute atomic E-state index is 0.0678. The summed E-state index contributed by atoms with van der Waals surface area (Å²) < 4.78 is 30.3. The van der Waals surface area contributed by atoms with E-state index in [0.717, 1.165) is 53.5 Å². The molecule has 0 bridgehead atoms. The van der Waals surface area contributed by atoms with Gasteiger partial charge in [-0.3, -0.25) is 4.79 Å². The van der Waals surface area contributed by atoms with Crippen LogP contribution in [-0.4, -0.2) is 43.8 Å². The first-order valence-corrected chi connectivity index (χ1v) is 13.4. The molecule has 4 rings (SSSR count). The first kappa shape index (κ1) is 24.1. The fourth-order valence-electron chi connectivity index (χ4n) is 4.58. The van der Waals surface area contributed by atoms with Crippen LogP contribution >= 0.6 is 0 Å². The van der Waals surface area contributed by atoms with Crippen LogP contribution in [-0.2, 0) is 33.9 Å². The van der Waals surface area contributed by atoms with Crippen LogP contribution in [0.1, 0.15) is 45.6 Å². The lowest BCUT2D eigenvalue weighted by Gasteiger charge is -2.26. The molecule has 3 aromatic rings. The number of carbonyl (C=O) groups is 1. The number of hydrogen-bond donors (Lipinski definition) is 1. The van der Waals surface area contributed by atoms with Crippen LogP contribution in [0.3, 0.4) is 0 Å². The Morgan fingerprint density at radius 2 is 1.97 bits per heavy atom. The second kappa shape index (κ2) is 8.94. The number of benzene rings is 1. The number of nitrogens with zero attached hydrogens (tertiary/aromatic N) is 2. The number of aryl methyl sites for hydroxylation is 3.